The van der Waals surface area contributed by atoms with Crippen LogP contribution in [0.4, 0.5) is 5.69 Å². The van der Waals surface area contributed by atoms with Crippen LogP contribution in [-0.2, 0) is 9.84 Å². The van der Waals surface area contributed by atoms with E-state index in [4.69, 9.17) is 11.0 Å². The fourth-order valence-corrected chi connectivity index (χ4v) is 1.30. The van der Waals surface area contributed by atoms with Gasteiger partial charge in [-0.25, -0.2) is 8.42 Å². The lowest BCUT2D eigenvalue weighted by molar-refractivity contribution is 0.605. The van der Waals surface area contributed by atoms with Gasteiger partial charge in [0.05, 0.1) is 4.90 Å². The molecule has 0 fully saturated rings. The third-order valence-electron chi connectivity index (χ3n) is 1.31. The van der Waals surface area contributed by atoms with E-state index in [2.05, 4.69) is 0 Å². The number of hydrogen-bond acceptors (Lipinski definition) is 4. The third kappa shape index (κ3) is 1.54. The summed E-state index contributed by atoms with van der Waals surface area (Å²) in [6, 6.07) is 5.47. The van der Waals surface area contributed by atoms with Gasteiger partial charge >= 0.3 is 0 Å². The van der Waals surface area contributed by atoms with Crippen LogP contribution in [0.25, 0.3) is 0 Å². The molecule has 5 heteroatoms. The molecular formula is C7H6N2O2S. The van der Waals surface area contributed by atoms with Crippen LogP contribution in [0.1, 0.15) is 0 Å². The molecule has 0 unspecified atom stereocenters. The molecule has 0 aliphatic rings. The molecule has 1 rings (SSSR count). The number of rotatable bonds is 1. The average Bonchev–Trinajstić information content (AvgIpc) is 2.05. The van der Waals surface area contributed by atoms with Crippen LogP contribution in [0.15, 0.2) is 29.2 Å². The first-order valence-electron chi connectivity index (χ1n) is 3.08. The Hall–Kier alpha value is -1.54. The Balaban J connectivity index is 3.26. The minimum absolute atomic E-state index is 0.0285. The maximum atomic E-state index is 10.9. The summed E-state index contributed by atoms with van der Waals surface area (Å²) < 4.78 is 21.8. The Bertz CT molecular complexity index is 414. The second-order valence-electron chi connectivity index (χ2n) is 2.16. The minimum Gasteiger partial charge on any atom is -0.399 e. The molecule has 0 aliphatic carbocycles. The van der Waals surface area contributed by atoms with Crippen molar-refractivity contribution < 1.29 is 8.42 Å². The summed E-state index contributed by atoms with van der Waals surface area (Å²) in [7, 11) is -3.76. The van der Waals surface area contributed by atoms with Crippen molar-refractivity contribution in [3.63, 3.8) is 0 Å². The maximum absolute atomic E-state index is 10.9. The van der Waals surface area contributed by atoms with E-state index in [1.807, 2.05) is 0 Å². The maximum Gasteiger partial charge on any atom is 0.269 e. The largest absolute Gasteiger partial charge is 0.399 e. The summed E-state index contributed by atoms with van der Waals surface area (Å²) in [6.45, 7) is 0. The first kappa shape index (κ1) is 8.56. The highest BCUT2D eigenvalue weighted by Gasteiger charge is 2.11. The molecule has 12 heavy (non-hydrogen) atoms. The number of nitrogen functional groups attached to an aromatic ring is 1. The summed E-state index contributed by atoms with van der Waals surface area (Å²) in [5, 5.41) is 9.46. The summed E-state index contributed by atoms with van der Waals surface area (Å²) in [5.74, 6) is 0. The Morgan fingerprint density at radius 3 is 2.17 bits per heavy atom. The number of thiocyanates is 1. The standard InChI is InChI=1S/C7H6N2O2S/c8-5-12(10,11)7-3-1-6(9)2-4-7/h1-4H,9H2. The Morgan fingerprint density at radius 2 is 1.75 bits per heavy atom. The van der Waals surface area contributed by atoms with Gasteiger partial charge in [0.25, 0.3) is 9.84 Å². The van der Waals surface area contributed by atoms with E-state index in [1.54, 1.807) is 0 Å². The number of benzene rings is 1. The van der Waals surface area contributed by atoms with Crippen LogP contribution in [0.2, 0.25) is 0 Å². The summed E-state index contributed by atoms with van der Waals surface area (Å²) in [5.41, 5.74) is 5.80. The van der Waals surface area contributed by atoms with E-state index < -0.39 is 9.84 Å². The van der Waals surface area contributed by atoms with Gasteiger partial charge in [0.2, 0.25) is 0 Å². The van der Waals surface area contributed by atoms with Gasteiger partial charge in [-0.15, -0.1) is 0 Å². The molecule has 4 nitrogen and oxygen atoms in total. The van der Waals surface area contributed by atoms with Crippen molar-refractivity contribution in [2.75, 3.05) is 5.73 Å². The van der Waals surface area contributed by atoms with E-state index in [0.29, 0.717) is 5.69 Å². The van der Waals surface area contributed by atoms with Crippen molar-refractivity contribution in [1.29, 1.82) is 5.26 Å². The molecule has 62 valence electrons. The molecule has 0 radical (unpaired) electrons. The van der Waals surface area contributed by atoms with Crippen LogP contribution in [0.3, 0.4) is 0 Å². The van der Waals surface area contributed by atoms with E-state index in [9.17, 15) is 8.42 Å². The van der Waals surface area contributed by atoms with Crippen LogP contribution in [0, 0.1) is 10.7 Å². The first-order chi connectivity index (χ1) is 5.56. The lowest BCUT2D eigenvalue weighted by Gasteiger charge is -1.94. The van der Waals surface area contributed by atoms with Crippen molar-refractivity contribution >= 4 is 15.5 Å². The molecule has 0 heterocycles. The first-order valence-corrected chi connectivity index (χ1v) is 4.56. The SMILES string of the molecule is N#CS(=O)(=O)c1ccc(N)cc1. The van der Waals surface area contributed by atoms with Crippen molar-refractivity contribution in [3.8, 4) is 5.40 Å². The molecule has 0 aromatic heterocycles. The Labute approximate surface area is 70.2 Å². The quantitative estimate of drug-likeness (QED) is 0.390. The molecule has 2 N–H and O–H groups in total. The lowest BCUT2D eigenvalue weighted by atomic mass is 10.3. The fourth-order valence-electron chi connectivity index (χ4n) is 0.700. The second kappa shape index (κ2) is 2.83. The zero-order chi connectivity index (χ0) is 9.19. The van der Waals surface area contributed by atoms with Crippen LogP contribution >= 0.6 is 0 Å². The molecule has 0 spiro atoms. The van der Waals surface area contributed by atoms with Gasteiger partial charge in [0.1, 0.15) is 0 Å². The topological polar surface area (TPSA) is 84.0 Å². The molecular weight excluding hydrogens is 176 g/mol. The van der Waals surface area contributed by atoms with Gasteiger partial charge in [-0.3, -0.25) is 0 Å². The van der Waals surface area contributed by atoms with Crippen molar-refractivity contribution in [3.05, 3.63) is 24.3 Å². The van der Waals surface area contributed by atoms with Gasteiger partial charge in [0, 0.05) is 5.69 Å². The number of anilines is 1. The predicted octanol–water partition coefficient (Wildman–Crippen LogP) is 0.524. The van der Waals surface area contributed by atoms with Crippen LogP contribution in [-0.4, -0.2) is 8.42 Å². The summed E-state index contributed by atoms with van der Waals surface area (Å²) in [4.78, 5) is -0.0285. The highest BCUT2D eigenvalue weighted by molar-refractivity contribution is 7.95. The van der Waals surface area contributed by atoms with Gasteiger partial charge in [0.15, 0.2) is 5.40 Å². The molecule has 1 aromatic carbocycles. The second-order valence-corrected chi connectivity index (χ2v) is 3.82. The smallest absolute Gasteiger partial charge is 0.269 e. The molecule has 0 saturated carbocycles. The normalized spacial score (nSPS) is 10.6. The number of hydrogen-bond donors (Lipinski definition) is 1. The van der Waals surface area contributed by atoms with E-state index in [0.717, 1.165) is 0 Å². The van der Waals surface area contributed by atoms with Crippen molar-refractivity contribution in [2.24, 2.45) is 0 Å². The third-order valence-corrected chi connectivity index (χ3v) is 2.44. The Kier molecular flexibility index (Phi) is 2.02. The van der Waals surface area contributed by atoms with Gasteiger partial charge < -0.3 is 5.73 Å². The molecule has 0 aliphatic heterocycles. The van der Waals surface area contributed by atoms with E-state index in [-0.39, 0.29) is 4.90 Å². The zero-order valence-corrected chi connectivity index (χ0v) is 6.88. The number of nitrogens with two attached hydrogens (primary N) is 1. The van der Waals surface area contributed by atoms with Crippen LogP contribution < -0.4 is 5.73 Å². The molecule has 0 bridgehead atoms. The van der Waals surface area contributed by atoms with Crippen LogP contribution in [0.5, 0.6) is 0 Å². The van der Waals surface area contributed by atoms with E-state index >= 15 is 0 Å². The lowest BCUT2D eigenvalue weighted by Crippen LogP contribution is -1.96. The number of nitriles is 1. The highest BCUT2D eigenvalue weighted by Crippen LogP contribution is 2.11. The van der Waals surface area contributed by atoms with Gasteiger partial charge in [-0.2, -0.15) is 5.26 Å². The number of sulfone groups is 1. The highest BCUT2D eigenvalue weighted by atomic mass is 32.2. The molecule has 0 amide bonds. The monoisotopic (exact) mass is 182 g/mol. The summed E-state index contributed by atoms with van der Waals surface area (Å²) >= 11 is 0. The predicted molar refractivity (Wildman–Crippen MR) is 43.7 cm³/mol. The summed E-state index contributed by atoms with van der Waals surface area (Å²) in [6.07, 6.45) is 0. The molecule has 0 atom stereocenters. The zero-order valence-electron chi connectivity index (χ0n) is 6.06. The Morgan fingerprint density at radius 1 is 1.25 bits per heavy atom. The van der Waals surface area contributed by atoms with Gasteiger partial charge in [-0.05, 0) is 24.3 Å². The van der Waals surface area contributed by atoms with E-state index in [1.165, 1.54) is 29.7 Å². The average molecular weight is 182 g/mol. The van der Waals surface area contributed by atoms with Crippen molar-refractivity contribution in [2.45, 2.75) is 4.90 Å². The number of nitrogens with zero attached hydrogens (tertiary/aromatic N) is 1. The minimum atomic E-state index is -3.76. The fraction of sp³-hybridized carbons (Fsp3) is 0. The molecule has 1 aromatic rings. The van der Waals surface area contributed by atoms with Gasteiger partial charge in [-0.1, -0.05) is 0 Å². The molecule has 0 saturated heterocycles. The van der Waals surface area contributed by atoms with Crippen molar-refractivity contribution in [1.82, 2.24) is 0 Å².